The van der Waals surface area contributed by atoms with E-state index in [9.17, 15) is 47.6 Å². The molecule has 0 saturated heterocycles. The van der Waals surface area contributed by atoms with E-state index in [-0.39, 0.29) is 63.7 Å². The monoisotopic (exact) mass is 783 g/mol. The third kappa shape index (κ3) is 10.2. The first-order valence-electron chi connectivity index (χ1n) is 19.0. The van der Waals surface area contributed by atoms with E-state index in [1.165, 1.54) is 4.57 Å². The highest BCUT2D eigenvalue weighted by atomic mass is 19.3. The van der Waals surface area contributed by atoms with Crippen molar-refractivity contribution in [3.8, 4) is 17.9 Å². The molecule has 3 aromatic carbocycles. The molecule has 1 aromatic heterocycles. The van der Waals surface area contributed by atoms with Crippen LogP contribution in [0.3, 0.4) is 0 Å². The number of nitrogens with zero attached hydrogens (tertiary/aromatic N) is 3. The molecule has 12 heteroatoms. The van der Waals surface area contributed by atoms with Gasteiger partial charge in [0.2, 0.25) is 17.3 Å². The van der Waals surface area contributed by atoms with Gasteiger partial charge < -0.3 is 14.8 Å². The van der Waals surface area contributed by atoms with Crippen molar-refractivity contribution in [1.82, 2.24) is 4.57 Å². The number of carboxylic acid groups (broad SMARTS) is 1. The largest absolute Gasteiger partial charge is 0.503 e. The summed E-state index contributed by atoms with van der Waals surface area (Å²) in [6.45, 7) is 0.196. The fraction of sp³-hybridized carbons (Fsp3) is 0.400. The van der Waals surface area contributed by atoms with Crippen LogP contribution in [0.2, 0.25) is 0 Å². The molecule has 0 unspecified atom stereocenters. The quantitative estimate of drug-likeness (QED) is 0.185. The van der Waals surface area contributed by atoms with Crippen molar-refractivity contribution in [2.75, 3.05) is 0 Å². The molecule has 1 heterocycles. The van der Waals surface area contributed by atoms with E-state index in [4.69, 9.17) is 5.11 Å². The van der Waals surface area contributed by atoms with Crippen molar-refractivity contribution < 1.29 is 37.4 Å². The Bertz CT molecular complexity index is 2130. The normalized spacial score (nSPS) is 19.8. The zero-order valence-electron chi connectivity index (χ0n) is 31.5. The average Bonchev–Trinajstić information content (AvgIpc) is 3.22. The summed E-state index contributed by atoms with van der Waals surface area (Å²) in [6.07, 6.45) is 4.79. The first kappa shape index (κ1) is 42.4. The molecule has 298 valence electrons. The maximum Gasteiger partial charge on any atom is 0.341 e. The molecule has 0 radical (unpaired) electrons. The second-order valence-electron chi connectivity index (χ2n) is 15.4. The van der Waals surface area contributed by atoms with E-state index in [1.54, 1.807) is 0 Å². The number of carboxylic acids is 1. The van der Waals surface area contributed by atoms with Crippen molar-refractivity contribution in [1.29, 1.82) is 10.5 Å². The second kappa shape index (κ2) is 17.6. The lowest BCUT2D eigenvalue weighted by Crippen LogP contribution is -2.40. The number of nitriles is 2. The van der Waals surface area contributed by atoms with Crippen molar-refractivity contribution in [2.45, 2.75) is 112 Å². The molecule has 3 aliphatic rings. The molecule has 3 fully saturated rings. The third-order valence-electron chi connectivity index (χ3n) is 11.7. The van der Waals surface area contributed by atoms with Gasteiger partial charge in [0.05, 0.1) is 23.0 Å². The number of alkyl halides is 4. The van der Waals surface area contributed by atoms with Crippen molar-refractivity contribution in [2.24, 2.45) is 0 Å². The predicted octanol–water partition coefficient (Wildman–Crippen LogP) is 9.65. The van der Waals surface area contributed by atoms with Gasteiger partial charge in [0.15, 0.2) is 5.75 Å². The lowest BCUT2D eigenvalue weighted by molar-refractivity contribution is -0.121. The van der Waals surface area contributed by atoms with Crippen molar-refractivity contribution in [3.63, 3.8) is 0 Å². The van der Waals surface area contributed by atoms with E-state index >= 15 is 0 Å². The minimum Gasteiger partial charge on any atom is -0.503 e. The Morgan fingerprint density at radius 1 is 0.614 bits per heavy atom. The zero-order valence-corrected chi connectivity index (χ0v) is 31.5. The Labute approximate surface area is 329 Å². The lowest BCUT2D eigenvalue weighted by atomic mass is 9.68. The van der Waals surface area contributed by atoms with Gasteiger partial charge in [-0.2, -0.15) is 10.5 Å². The number of benzene rings is 3. The smallest absolute Gasteiger partial charge is 0.341 e. The summed E-state index contributed by atoms with van der Waals surface area (Å²) in [6, 6.07) is 33.0. The molecule has 0 bridgehead atoms. The van der Waals surface area contributed by atoms with Gasteiger partial charge in [-0.15, -0.1) is 0 Å². The van der Waals surface area contributed by atoms with Crippen LogP contribution < -0.4 is 5.43 Å². The predicted molar refractivity (Wildman–Crippen MR) is 205 cm³/mol. The molecule has 2 N–H and O–H groups in total. The van der Waals surface area contributed by atoms with Crippen LogP contribution in [0.4, 0.5) is 17.6 Å². The van der Waals surface area contributed by atoms with Gasteiger partial charge in [-0.3, -0.25) is 9.59 Å². The summed E-state index contributed by atoms with van der Waals surface area (Å²) in [5, 5.41) is 37.5. The number of halogens is 4. The number of pyridine rings is 1. The highest BCUT2D eigenvalue weighted by Crippen LogP contribution is 2.47. The van der Waals surface area contributed by atoms with E-state index in [2.05, 4.69) is 12.1 Å². The van der Waals surface area contributed by atoms with E-state index < -0.39 is 50.8 Å². The zero-order chi connectivity index (χ0) is 41.3. The maximum absolute atomic E-state index is 13.7. The minimum atomic E-state index is -2.71. The fourth-order valence-corrected chi connectivity index (χ4v) is 8.08. The number of hydrogen-bond donors (Lipinski definition) is 2. The van der Waals surface area contributed by atoms with Crippen LogP contribution in [0.15, 0.2) is 108 Å². The minimum absolute atomic E-state index is 0.185. The van der Waals surface area contributed by atoms with Crippen LogP contribution in [0.5, 0.6) is 5.75 Å². The number of hydrogen-bond acceptors (Lipinski definition) is 6. The standard InChI is InChI=1S/C19H19F2NO4.C13H13F2N.C13H13NO/c20-19(21)8-6-18(7-9-19,13-4-2-1-3-5-13)12-22-10-14(17(25)26)16(24)15(23)11-22;14-13(15)8-6-12(10-16,7-9-13)11-4-2-1-3-5-11;14-10-13(8-6-12(15)7-9-13)11-4-2-1-3-5-11/h1-5,10-11,23H,6-9,12H2,(H,25,26);1-5H,6-9H2;1-5H,6-9H2. The molecule has 4 aromatic rings. The second-order valence-corrected chi connectivity index (χ2v) is 15.4. The van der Waals surface area contributed by atoms with Gasteiger partial charge in [0, 0.05) is 62.9 Å². The number of rotatable bonds is 6. The summed E-state index contributed by atoms with van der Waals surface area (Å²) < 4.78 is 55.0. The number of Topliss-reactive ketones (excluding diaryl/α,β-unsaturated/α-hetero) is 1. The third-order valence-corrected chi connectivity index (χ3v) is 11.7. The van der Waals surface area contributed by atoms with Crippen LogP contribution in [-0.2, 0) is 27.6 Å². The number of ketones is 1. The van der Waals surface area contributed by atoms with Crippen molar-refractivity contribution >= 4 is 11.8 Å². The van der Waals surface area contributed by atoms with Gasteiger partial charge >= 0.3 is 5.97 Å². The van der Waals surface area contributed by atoms with Gasteiger partial charge in [0.25, 0.3) is 0 Å². The Kier molecular flexibility index (Phi) is 13.1. The van der Waals surface area contributed by atoms with E-state index in [1.807, 2.05) is 91.0 Å². The van der Waals surface area contributed by atoms with Gasteiger partial charge in [-0.1, -0.05) is 91.0 Å². The Morgan fingerprint density at radius 2 is 1.02 bits per heavy atom. The first-order valence-corrected chi connectivity index (χ1v) is 19.0. The molecule has 0 atom stereocenters. The topological polar surface area (TPSA) is 144 Å². The number of aromatic hydroxyl groups is 1. The van der Waals surface area contributed by atoms with Crippen molar-refractivity contribution in [3.05, 3.63) is 136 Å². The SMILES string of the molecule is N#CC1(c2ccccc2)CCC(=O)CC1.N#CC1(c2ccccc2)CCC(F)(F)CC1.O=C(O)c1cn(CC2(c3ccccc3)CCC(F)(F)CC2)cc(O)c1=O. The van der Waals surface area contributed by atoms with Crippen LogP contribution in [-0.4, -0.2) is 38.4 Å². The first-order chi connectivity index (χ1) is 27.1. The molecule has 57 heavy (non-hydrogen) atoms. The number of carbonyl (C=O) groups excluding carboxylic acids is 1. The summed E-state index contributed by atoms with van der Waals surface area (Å²) in [4.78, 5) is 34.2. The molecular weight excluding hydrogens is 739 g/mol. The average molecular weight is 784 g/mol. The highest BCUT2D eigenvalue weighted by Gasteiger charge is 2.46. The van der Waals surface area contributed by atoms with Crippen LogP contribution >= 0.6 is 0 Å². The molecule has 0 amide bonds. The molecule has 0 spiro atoms. The Balaban J connectivity index is 0.000000173. The number of carbonyl (C=O) groups is 2. The Morgan fingerprint density at radius 3 is 1.44 bits per heavy atom. The summed E-state index contributed by atoms with van der Waals surface area (Å²) in [7, 11) is 0. The maximum atomic E-state index is 13.7. The molecular formula is C45H45F4N3O5. The summed E-state index contributed by atoms with van der Waals surface area (Å²) in [5.74, 6) is -7.12. The van der Waals surface area contributed by atoms with Crippen LogP contribution in [0, 0.1) is 22.7 Å². The molecule has 3 aliphatic carbocycles. The van der Waals surface area contributed by atoms with Crippen LogP contribution in [0.25, 0.3) is 0 Å². The Hall–Kier alpha value is -5.75. The molecule has 8 nitrogen and oxygen atoms in total. The van der Waals surface area contributed by atoms with E-state index in [0.717, 1.165) is 29.1 Å². The van der Waals surface area contributed by atoms with Crippen LogP contribution in [0.1, 0.15) is 104 Å². The van der Waals surface area contributed by atoms with Gasteiger partial charge in [-0.25, -0.2) is 22.4 Å². The molecule has 7 rings (SSSR count). The van der Waals surface area contributed by atoms with Gasteiger partial charge in [0.1, 0.15) is 11.3 Å². The van der Waals surface area contributed by atoms with E-state index in [0.29, 0.717) is 25.7 Å². The summed E-state index contributed by atoms with van der Waals surface area (Å²) in [5.41, 5.74) is -0.455. The molecule has 0 aliphatic heterocycles. The number of aromatic nitrogens is 1. The number of aromatic carboxylic acids is 1. The highest BCUT2D eigenvalue weighted by molar-refractivity contribution is 5.87. The fourth-order valence-electron chi connectivity index (χ4n) is 8.08. The lowest BCUT2D eigenvalue weighted by Gasteiger charge is -2.41. The summed E-state index contributed by atoms with van der Waals surface area (Å²) >= 11 is 0. The van der Waals surface area contributed by atoms with Gasteiger partial charge in [-0.05, 0) is 55.2 Å². The molecule has 3 saturated carbocycles.